The maximum Gasteiger partial charge on any atom is 0.286 e. The van der Waals surface area contributed by atoms with E-state index in [9.17, 15) is 9.28 Å². The molecule has 0 radical (unpaired) electrons. The summed E-state index contributed by atoms with van der Waals surface area (Å²) in [6.45, 7) is 0. The van der Waals surface area contributed by atoms with Crippen LogP contribution in [0, 0.1) is 0 Å². The Labute approximate surface area is 92.9 Å². The standard InChI is InChI=1S/C13H10FNO/c14-15(12-9-5-2-6-10-12)13(16)11-7-3-1-4-8-11/h1-10H. The Hall–Kier alpha value is -2.16. The van der Waals surface area contributed by atoms with Gasteiger partial charge in [-0.1, -0.05) is 40.9 Å². The van der Waals surface area contributed by atoms with Gasteiger partial charge in [-0.3, -0.25) is 4.79 Å². The normalized spacial score (nSPS) is 9.81. The number of para-hydroxylation sites is 1. The van der Waals surface area contributed by atoms with Gasteiger partial charge < -0.3 is 0 Å². The predicted molar refractivity (Wildman–Crippen MR) is 60.8 cm³/mol. The fourth-order valence-corrected chi connectivity index (χ4v) is 1.37. The zero-order valence-corrected chi connectivity index (χ0v) is 8.51. The van der Waals surface area contributed by atoms with E-state index in [1.165, 1.54) is 0 Å². The zero-order valence-electron chi connectivity index (χ0n) is 8.51. The first kappa shape index (κ1) is 10.4. The molecule has 0 atom stereocenters. The minimum absolute atomic E-state index is 0.148. The maximum atomic E-state index is 13.7. The summed E-state index contributed by atoms with van der Waals surface area (Å²) in [5, 5.41) is 0.148. The first-order valence-electron chi connectivity index (χ1n) is 4.89. The van der Waals surface area contributed by atoms with E-state index in [1.54, 1.807) is 60.7 Å². The minimum atomic E-state index is -0.660. The number of rotatable bonds is 2. The summed E-state index contributed by atoms with van der Waals surface area (Å²) in [4.78, 5) is 11.7. The molecule has 1 amide bonds. The van der Waals surface area contributed by atoms with E-state index in [4.69, 9.17) is 0 Å². The van der Waals surface area contributed by atoms with Crippen LogP contribution in [0.25, 0.3) is 0 Å². The molecule has 0 heterocycles. The van der Waals surface area contributed by atoms with Crippen molar-refractivity contribution in [1.29, 1.82) is 0 Å². The van der Waals surface area contributed by atoms with Crippen LogP contribution in [0.4, 0.5) is 10.2 Å². The summed E-state index contributed by atoms with van der Waals surface area (Å²) in [5.74, 6) is -0.660. The highest BCUT2D eigenvalue weighted by Gasteiger charge is 2.16. The molecular formula is C13H10FNO. The Morgan fingerprint density at radius 2 is 1.38 bits per heavy atom. The quantitative estimate of drug-likeness (QED) is 0.704. The Morgan fingerprint density at radius 1 is 0.875 bits per heavy atom. The number of amides is 1. The largest absolute Gasteiger partial charge is 0.286 e. The molecule has 0 spiro atoms. The monoisotopic (exact) mass is 215 g/mol. The lowest BCUT2D eigenvalue weighted by Crippen LogP contribution is -2.21. The molecule has 0 N–H and O–H groups in total. The van der Waals surface area contributed by atoms with E-state index in [-0.39, 0.29) is 10.8 Å². The number of nitrogens with zero attached hydrogens (tertiary/aromatic N) is 1. The number of halogens is 1. The predicted octanol–water partition coefficient (Wildman–Crippen LogP) is 3.22. The van der Waals surface area contributed by atoms with E-state index >= 15 is 0 Å². The lowest BCUT2D eigenvalue weighted by atomic mass is 10.2. The number of carbonyl (C=O) groups is 1. The molecule has 0 aromatic heterocycles. The molecule has 3 heteroatoms. The first-order valence-corrected chi connectivity index (χ1v) is 4.89. The van der Waals surface area contributed by atoms with Crippen molar-refractivity contribution >= 4 is 11.6 Å². The molecular weight excluding hydrogens is 205 g/mol. The Balaban J connectivity index is 2.24. The third-order valence-electron chi connectivity index (χ3n) is 2.18. The van der Waals surface area contributed by atoms with Crippen LogP contribution in [0.2, 0.25) is 0 Å². The number of carbonyl (C=O) groups excluding carboxylic acids is 1. The fourth-order valence-electron chi connectivity index (χ4n) is 1.37. The van der Waals surface area contributed by atoms with E-state index in [0.29, 0.717) is 5.56 Å². The average Bonchev–Trinajstić information content (AvgIpc) is 2.39. The number of hydrogen-bond acceptors (Lipinski definition) is 1. The van der Waals surface area contributed by atoms with Gasteiger partial charge in [0.2, 0.25) is 0 Å². The van der Waals surface area contributed by atoms with Gasteiger partial charge >= 0.3 is 0 Å². The van der Waals surface area contributed by atoms with Gasteiger partial charge in [0.1, 0.15) is 0 Å². The second kappa shape index (κ2) is 4.57. The molecule has 0 aliphatic rings. The van der Waals surface area contributed by atoms with Crippen LogP contribution in [0.5, 0.6) is 0 Å². The second-order valence-corrected chi connectivity index (χ2v) is 3.29. The van der Waals surface area contributed by atoms with Gasteiger partial charge in [-0.2, -0.15) is 0 Å². The molecule has 0 fully saturated rings. The maximum absolute atomic E-state index is 13.7. The molecule has 0 bridgehead atoms. The molecule has 2 aromatic rings. The van der Waals surface area contributed by atoms with E-state index < -0.39 is 5.91 Å². The Bertz CT molecular complexity index is 470. The minimum Gasteiger partial charge on any atom is -0.266 e. The lowest BCUT2D eigenvalue weighted by Gasteiger charge is -2.11. The molecule has 2 rings (SSSR count). The highest BCUT2D eigenvalue weighted by Crippen LogP contribution is 2.16. The van der Waals surface area contributed by atoms with Crippen molar-refractivity contribution < 1.29 is 9.28 Å². The molecule has 80 valence electrons. The summed E-state index contributed by atoms with van der Waals surface area (Å²) in [6.07, 6.45) is 0. The number of anilines is 1. The Kier molecular flexibility index (Phi) is 2.96. The van der Waals surface area contributed by atoms with Crippen molar-refractivity contribution in [3.8, 4) is 0 Å². The molecule has 0 saturated carbocycles. The SMILES string of the molecule is O=C(c1ccccc1)N(F)c1ccccc1. The van der Waals surface area contributed by atoms with Crippen molar-refractivity contribution in [2.75, 3.05) is 5.12 Å². The van der Waals surface area contributed by atoms with E-state index in [0.717, 1.165) is 0 Å². The topological polar surface area (TPSA) is 20.3 Å². The second-order valence-electron chi connectivity index (χ2n) is 3.29. The van der Waals surface area contributed by atoms with Crippen LogP contribution in [0.1, 0.15) is 10.4 Å². The van der Waals surface area contributed by atoms with Crippen molar-refractivity contribution in [2.45, 2.75) is 0 Å². The Morgan fingerprint density at radius 3 is 1.94 bits per heavy atom. The van der Waals surface area contributed by atoms with Crippen LogP contribution in [-0.2, 0) is 0 Å². The van der Waals surface area contributed by atoms with E-state index in [2.05, 4.69) is 0 Å². The third-order valence-corrected chi connectivity index (χ3v) is 2.18. The van der Waals surface area contributed by atoms with Gasteiger partial charge in [-0.25, -0.2) is 0 Å². The van der Waals surface area contributed by atoms with Crippen molar-refractivity contribution in [3.05, 3.63) is 66.2 Å². The summed E-state index contributed by atoms with van der Waals surface area (Å²) < 4.78 is 13.7. The smallest absolute Gasteiger partial charge is 0.266 e. The lowest BCUT2D eigenvalue weighted by molar-refractivity contribution is 0.0931. The molecule has 2 aromatic carbocycles. The molecule has 16 heavy (non-hydrogen) atoms. The van der Waals surface area contributed by atoms with Gasteiger partial charge in [0, 0.05) is 5.56 Å². The van der Waals surface area contributed by atoms with Crippen LogP contribution in [0.3, 0.4) is 0 Å². The van der Waals surface area contributed by atoms with E-state index in [1.807, 2.05) is 0 Å². The van der Waals surface area contributed by atoms with Gasteiger partial charge in [0.15, 0.2) is 0 Å². The first-order chi connectivity index (χ1) is 7.79. The summed E-state index contributed by atoms with van der Waals surface area (Å²) in [6, 6.07) is 16.6. The van der Waals surface area contributed by atoms with Crippen LogP contribution >= 0.6 is 0 Å². The van der Waals surface area contributed by atoms with Gasteiger partial charge in [-0.15, -0.1) is 5.12 Å². The zero-order chi connectivity index (χ0) is 11.4. The molecule has 0 aliphatic heterocycles. The molecule has 0 saturated heterocycles. The van der Waals surface area contributed by atoms with Gasteiger partial charge in [0.05, 0.1) is 5.69 Å². The van der Waals surface area contributed by atoms with Crippen LogP contribution in [0.15, 0.2) is 60.7 Å². The van der Waals surface area contributed by atoms with Crippen molar-refractivity contribution in [2.24, 2.45) is 0 Å². The third kappa shape index (κ3) is 2.08. The molecule has 2 nitrogen and oxygen atoms in total. The number of hydrogen-bond donors (Lipinski definition) is 0. The van der Waals surface area contributed by atoms with Gasteiger partial charge in [-0.05, 0) is 24.3 Å². The van der Waals surface area contributed by atoms with Crippen molar-refractivity contribution in [1.82, 2.24) is 0 Å². The summed E-state index contributed by atoms with van der Waals surface area (Å²) in [7, 11) is 0. The fraction of sp³-hybridized carbons (Fsp3) is 0. The average molecular weight is 215 g/mol. The van der Waals surface area contributed by atoms with Crippen LogP contribution < -0.4 is 5.12 Å². The summed E-state index contributed by atoms with van der Waals surface area (Å²) >= 11 is 0. The van der Waals surface area contributed by atoms with Crippen molar-refractivity contribution in [3.63, 3.8) is 0 Å². The molecule has 0 aliphatic carbocycles. The van der Waals surface area contributed by atoms with Gasteiger partial charge in [0.25, 0.3) is 5.91 Å². The molecule has 0 unspecified atom stereocenters. The van der Waals surface area contributed by atoms with Crippen LogP contribution in [-0.4, -0.2) is 5.91 Å². The highest BCUT2D eigenvalue weighted by atomic mass is 19.2. The highest BCUT2D eigenvalue weighted by molar-refractivity contribution is 6.04. The summed E-state index contributed by atoms with van der Waals surface area (Å²) in [5.41, 5.74) is 0.560. The number of benzene rings is 2.